The SMILES string of the molecule is Cc1cnn(CC2CN(C(=O)C3(n4cccn4)CCNCC3)CCO2)c1.Cl.Cl. The Bertz CT molecular complexity index is 745. The van der Waals surface area contributed by atoms with Crippen LogP contribution in [0.15, 0.2) is 30.9 Å². The van der Waals surface area contributed by atoms with Crippen molar-refractivity contribution in [2.24, 2.45) is 0 Å². The van der Waals surface area contributed by atoms with Crippen molar-refractivity contribution in [2.45, 2.75) is 38.0 Å². The molecule has 2 aliphatic heterocycles. The highest BCUT2D eigenvalue weighted by Gasteiger charge is 2.45. The van der Waals surface area contributed by atoms with E-state index in [9.17, 15) is 4.79 Å². The van der Waals surface area contributed by atoms with Crippen LogP contribution in [0.3, 0.4) is 0 Å². The first-order chi connectivity index (χ1) is 12.7. The standard InChI is InChI=1S/C18H26N6O2.2ClH/c1-15-11-21-23(12-15)14-16-13-22(9-10-26-16)17(25)18(3-6-19-7-4-18)24-8-2-5-20-24;;/h2,5,8,11-12,16,19H,3-4,6-7,9-10,13-14H2,1H3;2*1H. The first kappa shape index (κ1) is 22.7. The van der Waals surface area contributed by atoms with Gasteiger partial charge in [-0.1, -0.05) is 0 Å². The fraction of sp³-hybridized carbons (Fsp3) is 0.611. The van der Waals surface area contributed by atoms with E-state index < -0.39 is 5.54 Å². The van der Waals surface area contributed by atoms with Crippen LogP contribution in [0.25, 0.3) is 0 Å². The summed E-state index contributed by atoms with van der Waals surface area (Å²) in [7, 11) is 0. The van der Waals surface area contributed by atoms with Gasteiger partial charge in [-0.15, -0.1) is 24.8 Å². The Hall–Kier alpha value is -1.61. The molecular weight excluding hydrogens is 403 g/mol. The molecular formula is C18H28Cl2N6O2. The highest BCUT2D eigenvalue weighted by molar-refractivity contribution is 5.86. The van der Waals surface area contributed by atoms with Crippen molar-refractivity contribution in [3.05, 3.63) is 36.4 Å². The number of halogens is 2. The second-order valence-corrected chi connectivity index (χ2v) is 7.22. The number of aryl methyl sites for hydroxylation is 1. The minimum Gasteiger partial charge on any atom is -0.373 e. The zero-order valence-electron chi connectivity index (χ0n) is 16.0. The van der Waals surface area contributed by atoms with Gasteiger partial charge in [0.25, 0.3) is 5.91 Å². The first-order valence-electron chi connectivity index (χ1n) is 9.28. The molecule has 8 nitrogen and oxygen atoms in total. The molecule has 28 heavy (non-hydrogen) atoms. The number of hydrogen-bond acceptors (Lipinski definition) is 5. The van der Waals surface area contributed by atoms with Crippen molar-refractivity contribution in [3.63, 3.8) is 0 Å². The molecule has 2 aromatic rings. The molecule has 2 aliphatic rings. The molecule has 156 valence electrons. The smallest absolute Gasteiger partial charge is 0.250 e. The van der Waals surface area contributed by atoms with E-state index in [1.807, 2.05) is 45.8 Å². The van der Waals surface area contributed by atoms with E-state index >= 15 is 0 Å². The third-order valence-electron chi connectivity index (χ3n) is 5.35. The van der Waals surface area contributed by atoms with E-state index in [4.69, 9.17) is 4.74 Å². The highest BCUT2D eigenvalue weighted by atomic mass is 35.5. The van der Waals surface area contributed by atoms with E-state index in [1.165, 1.54) is 0 Å². The molecule has 0 bridgehead atoms. The van der Waals surface area contributed by atoms with Gasteiger partial charge in [0, 0.05) is 31.7 Å². The second-order valence-electron chi connectivity index (χ2n) is 7.22. The summed E-state index contributed by atoms with van der Waals surface area (Å²) in [6, 6.07) is 1.89. The van der Waals surface area contributed by atoms with E-state index in [0.29, 0.717) is 26.2 Å². The molecule has 0 aromatic carbocycles. The van der Waals surface area contributed by atoms with Gasteiger partial charge in [0.05, 0.1) is 25.5 Å². The maximum absolute atomic E-state index is 13.5. The van der Waals surface area contributed by atoms with E-state index in [0.717, 1.165) is 31.5 Å². The molecule has 2 fully saturated rings. The number of ether oxygens (including phenoxy) is 1. The fourth-order valence-electron chi connectivity index (χ4n) is 3.99. The quantitative estimate of drug-likeness (QED) is 0.789. The molecule has 4 heterocycles. The Morgan fingerprint density at radius 2 is 2.11 bits per heavy atom. The van der Waals surface area contributed by atoms with Crippen LogP contribution in [0.5, 0.6) is 0 Å². The van der Waals surface area contributed by atoms with E-state index in [-0.39, 0.29) is 36.8 Å². The van der Waals surface area contributed by atoms with Gasteiger partial charge in [0.2, 0.25) is 0 Å². The van der Waals surface area contributed by atoms with Crippen LogP contribution in [0.1, 0.15) is 18.4 Å². The molecule has 1 amide bonds. The number of hydrogen-bond donors (Lipinski definition) is 1. The minimum absolute atomic E-state index is 0. The molecule has 2 saturated heterocycles. The van der Waals surface area contributed by atoms with E-state index in [1.54, 1.807) is 6.20 Å². The van der Waals surface area contributed by atoms with Crippen molar-refractivity contribution >= 4 is 30.7 Å². The predicted octanol–water partition coefficient (Wildman–Crippen LogP) is 1.24. The van der Waals surface area contributed by atoms with Crippen LogP contribution in [-0.4, -0.2) is 69.3 Å². The number of aromatic nitrogens is 4. The van der Waals surface area contributed by atoms with Crippen molar-refractivity contribution in [2.75, 3.05) is 32.8 Å². The summed E-state index contributed by atoms with van der Waals surface area (Å²) in [5, 5.41) is 12.1. The average molecular weight is 431 g/mol. The van der Waals surface area contributed by atoms with Crippen molar-refractivity contribution in [1.29, 1.82) is 0 Å². The van der Waals surface area contributed by atoms with Crippen LogP contribution >= 0.6 is 24.8 Å². The second kappa shape index (κ2) is 9.73. The van der Waals surface area contributed by atoms with Crippen LogP contribution in [0, 0.1) is 6.92 Å². The molecule has 0 saturated carbocycles. The van der Waals surface area contributed by atoms with Gasteiger partial charge in [-0.05, 0) is 44.5 Å². The van der Waals surface area contributed by atoms with Crippen LogP contribution in [0.2, 0.25) is 0 Å². The number of nitrogens with zero attached hydrogens (tertiary/aromatic N) is 5. The third kappa shape index (κ3) is 4.51. The van der Waals surface area contributed by atoms with Gasteiger partial charge in [0.15, 0.2) is 0 Å². The van der Waals surface area contributed by atoms with Gasteiger partial charge in [-0.3, -0.25) is 14.2 Å². The summed E-state index contributed by atoms with van der Waals surface area (Å²) in [5.41, 5.74) is 0.542. The molecule has 4 rings (SSSR count). The average Bonchev–Trinajstić information content (AvgIpc) is 3.34. The number of piperidine rings is 1. The Kier molecular flexibility index (Phi) is 7.88. The van der Waals surface area contributed by atoms with E-state index in [2.05, 4.69) is 15.5 Å². The van der Waals surface area contributed by atoms with Gasteiger partial charge in [-0.25, -0.2) is 0 Å². The van der Waals surface area contributed by atoms with Crippen LogP contribution < -0.4 is 5.32 Å². The minimum atomic E-state index is -0.584. The van der Waals surface area contributed by atoms with Crippen LogP contribution in [0.4, 0.5) is 0 Å². The lowest BCUT2D eigenvalue weighted by atomic mass is 9.86. The first-order valence-corrected chi connectivity index (χ1v) is 9.28. The van der Waals surface area contributed by atoms with Crippen molar-refractivity contribution < 1.29 is 9.53 Å². The molecule has 0 radical (unpaired) electrons. The monoisotopic (exact) mass is 430 g/mol. The molecule has 10 heteroatoms. The summed E-state index contributed by atoms with van der Waals surface area (Å²) in [5.74, 6) is 0.160. The van der Waals surface area contributed by atoms with Gasteiger partial charge in [-0.2, -0.15) is 10.2 Å². The number of carbonyl (C=O) groups is 1. The summed E-state index contributed by atoms with van der Waals surface area (Å²) >= 11 is 0. The third-order valence-corrected chi connectivity index (χ3v) is 5.35. The Morgan fingerprint density at radius 1 is 1.32 bits per heavy atom. The maximum Gasteiger partial charge on any atom is 0.250 e. The normalized spacial score (nSPS) is 21.5. The number of rotatable bonds is 4. The lowest BCUT2D eigenvalue weighted by molar-refractivity contribution is -0.151. The number of carbonyl (C=O) groups excluding carboxylic acids is 1. The molecule has 1 N–H and O–H groups in total. The zero-order valence-corrected chi connectivity index (χ0v) is 17.6. The molecule has 1 atom stereocenters. The number of nitrogens with one attached hydrogen (secondary N) is 1. The highest BCUT2D eigenvalue weighted by Crippen LogP contribution is 2.30. The maximum atomic E-state index is 13.5. The largest absolute Gasteiger partial charge is 0.373 e. The van der Waals surface area contributed by atoms with Crippen LogP contribution in [-0.2, 0) is 21.6 Å². The predicted molar refractivity (Wildman–Crippen MR) is 110 cm³/mol. The Morgan fingerprint density at radius 3 is 2.75 bits per heavy atom. The summed E-state index contributed by atoms with van der Waals surface area (Å²) < 4.78 is 9.64. The van der Waals surface area contributed by atoms with Crippen molar-refractivity contribution in [1.82, 2.24) is 29.8 Å². The van der Waals surface area contributed by atoms with Gasteiger partial charge in [0.1, 0.15) is 5.54 Å². The zero-order chi connectivity index (χ0) is 18.0. The molecule has 1 unspecified atom stereocenters. The lowest BCUT2D eigenvalue weighted by Gasteiger charge is -2.42. The Labute approximate surface area is 177 Å². The van der Waals surface area contributed by atoms with Gasteiger partial charge < -0.3 is 15.0 Å². The lowest BCUT2D eigenvalue weighted by Crippen LogP contribution is -2.59. The molecule has 0 spiro atoms. The fourth-order valence-corrected chi connectivity index (χ4v) is 3.99. The molecule has 2 aromatic heterocycles. The number of amides is 1. The topological polar surface area (TPSA) is 77.2 Å². The summed E-state index contributed by atoms with van der Waals surface area (Å²) in [4.78, 5) is 15.5. The number of morpholine rings is 1. The summed E-state index contributed by atoms with van der Waals surface area (Å²) in [6.45, 7) is 6.11. The van der Waals surface area contributed by atoms with Gasteiger partial charge >= 0.3 is 0 Å². The molecule has 0 aliphatic carbocycles. The Balaban J connectivity index is 0.00000140. The van der Waals surface area contributed by atoms with Crippen molar-refractivity contribution in [3.8, 4) is 0 Å². The summed E-state index contributed by atoms with van der Waals surface area (Å²) in [6.07, 6.45) is 8.98.